The van der Waals surface area contributed by atoms with Crippen molar-refractivity contribution < 1.29 is 10.0 Å². The normalized spacial score (nSPS) is 13.2. The van der Waals surface area contributed by atoms with E-state index in [1.165, 1.54) is 23.5 Å². The lowest BCUT2D eigenvalue weighted by Gasteiger charge is -2.36. The Morgan fingerprint density at radius 2 is 2.12 bits per heavy atom. The molecule has 1 aromatic heterocycles. The number of aromatic nitrogens is 1. The number of thiazole rings is 1. The van der Waals surface area contributed by atoms with E-state index in [-0.39, 0.29) is 23.8 Å². The Morgan fingerprint density at radius 1 is 1.42 bits per heavy atom. The minimum Gasteiger partial charge on any atom is -0.395 e. The zero-order valence-corrected chi connectivity index (χ0v) is 15.2. The second kappa shape index (κ2) is 7.38. The Bertz CT molecular complexity index is 709. The summed E-state index contributed by atoms with van der Waals surface area (Å²) in [7, 11) is 1.97. The van der Waals surface area contributed by atoms with Crippen molar-refractivity contribution in [3.05, 3.63) is 45.5 Å². The number of non-ortho nitro benzene ring substituents is 1. The third-order valence-electron chi connectivity index (χ3n) is 3.97. The minimum atomic E-state index is -0.402. The van der Waals surface area contributed by atoms with Gasteiger partial charge in [-0.1, -0.05) is 32.9 Å². The Hall–Kier alpha value is -1.83. The molecule has 24 heavy (non-hydrogen) atoms. The highest BCUT2D eigenvalue weighted by atomic mass is 32.1. The van der Waals surface area contributed by atoms with Crippen molar-refractivity contribution in [2.24, 2.45) is 5.41 Å². The molecule has 0 aliphatic heterocycles. The smallest absolute Gasteiger partial charge is 0.270 e. The molecule has 6 nitrogen and oxygen atoms in total. The zero-order valence-electron chi connectivity index (χ0n) is 14.4. The number of nitrogens with zero attached hydrogens (tertiary/aromatic N) is 3. The number of nitro benzene ring substituents is 1. The van der Waals surface area contributed by atoms with E-state index in [0.717, 1.165) is 16.3 Å². The van der Waals surface area contributed by atoms with Gasteiger partial charge in [0, 0.05) is 35.7 Å². The fourth-order valence-corrected chi connectivity index (χ4v) is 3.51. The average molecular weight is 349 g/mol. The average Bonchev–Trinajstić information content (AvgIpc) is 2.95. The molecule has 0 amide bonds. The number of aliphatic hydroxyl groups excluding tert-OH is 1. The van der Waals surface area contributed by atoms with E-state index in [4.69, 9.17) is 0 Å². The van der Waals surface area contributed by atoms with Gasteiger partial charge < -0.3 is 5.11 Å². The molecule has 0 fully saturated rings. The van der Waals surface area contributed by atoms with Gasteiger partial charge in [-0.05, 0) is 12.5 Å². The summed E-state index contributed by atoms with van der Waals surface area (Å²) in [5, 5.41) is 23.3. The second-order valence-electron chi connectivity index (χ2n) is 6.93. The van der Waals surface area contributed by atoms with Crippen LogP contribution >= 0.6 is 11.3 Å². The van der Waals surface area contributed by atoms with Crippen LogP contribution in [-0.2, 0) is 6.54 Å². The predicted molar refractivity (Wildman–Crippen MR) is 96.0 cm³/mol. The molecule has 1 N–H and O–H groups in total. The first kappa shape index (κ1) is 18.5. The molecule has 0 saturated heterocycles. The zero-order chi connectivity index (χ0) is 17.9. The number of benzene rings is 1. The maximum Gasteiger partial charge on any atom is 0.270 e. The molecule has 0 aliphatic rings. The lowest BCUT2D eigenvalue weighted by molar-refractivity contribution is -0.384. The van der Waals surface area contributed by atoms with E-state index in [1.54, 1.807) is 6.07 Å². The Kier molecular flexibility index (Phi) is 5.69. The van der Waals surface area contributed by atoms with Crippen LogP contribution in [0.2, 0.25) is 0 Å². The first-order valence-corrected chi connectivity index (χ1v) is 8.60. The summed E-state index contributed by atoms with van der Waals surface area (Å²) in [5.74, 6) is 0. The van der Waals surface area contributed by atoms with Crippen molar-refractivity contribution in [1.82, 2.24) is 9.88 Å². The van der Waals surface area contributed by atoms with Crippen molar-refractivity contribution in [2.75, 3.05) is 13.7 Å². The fourth-order valence-electron chi connectivity index (χ4n) is 2.70. The topological polar surface area (TPSA) is 79.5 Å². The van der Waals surface area contributed by atoms with Crippen molar-refractivity contribution in [3.63, 3.8) is 0 Å². The van der Waals surface area contributed by atoms with E-state index in [2.05, 4.69) is 30.7 Å². The summed E-state index contributed by atoms with van der Waals surface area (Å²) in [6.45, 7) is 7.00. The Labute approximate surface area is 145 Å². The summed E-state index contributed by atoms with van der Waals surface area (Å²) in [4.78, 5) is 17.2. The second-order valence-corrected chi connectivity index (χ2v) is 7.79. The van der Waals surface area contributed by atoms with Crippen LogP contribution < -0.4 is 0 Å². The molecule has 0 aliphatic carbocycles. The van der Waals surface area contributed by atoms with Gasteiger partial charge in [0.1, 0.15) is 5.01 Å². The van der Waals surface area contributed by atoms with Gasteiger partial charge >= 0.3 is 0 Å². The van der Waals surface area contributed by atoms with Crippen LogP contribution in [-0.4, -0.2) is 39.6 Å². The van der Waals surface area contributed by atoms with Crippen molar-refractivity contribution in [3.8, 4) is 10.6 Å². The van der Waals surface area contributed by atoms with Crippen molar-refractivity contribution in [2.45, 2.75) is 33.4 Å². The first-order valence-electron chi connectivity index (χ1n) is 7.72. The summed E-state index contributed by atoms with van der Waals surface area (Å²) in [6.07, 6.45) is 0. The van der Waals surface area contributed by atoms with Crippen LogP contribution in [0.3, 0.4) is 0 Å². The molecule has 0 saturated carbocycles. The number of rotatable bonds is 6. The van der Waals surface area contributed by atoms with Crippen molar-refractivity contribution >= 4 is 17.0 Å². The monoisotopic (exact) mass is 349 g/mol. The van der Waals surface area contributed by atoms with Gasteiger partial charge in [0.05, 0.1) is 17.2 Å². The van der Waals surface area contributed by atoms with Gasteiger partial charge in [0.2, 0.25) is 0 Å². The maximum absolute atomic E-state index is 10.9. The van der Waals surface area contributed by atoms with E-state index in [0.29, 0.717) is 6.54 Å². The van der Waals surface area contributed by atoms with Gasteiger partial charge in [-0.3, -0.25) is 15.0 Å². The molecule has 1 atom stereocenters. The molecule has 0 radical (unpaired) electrons. The van der Waals surface area contributed by atoms with E-state index in [9.17, 15) is 15.2 Å². The Morgan fingerprint density at radius 3 is 2.71 bits per heavy atom. The van der Waals surface area contributed by atoms with E-state index >= 15 is 0 Å². The van der Waals surface area contributed by atoms with E-state index in [1.807, 2.05) is 18.5 Å². The van der Waals surface area contributed by atoms with Crippen LogP contribution in [0.4, 0.5) is 5.69 Å². The number of hydrogen-bond acceptors (Lipinski definition) is 6. The van der Waals surface area contributed by atoms with Crippen molar-refractivity contribution in [1.29, 1.82) is 0 Å². The first-order chi connectivity index (χ1) is 11.2. The van der Waals surface area contributed by atoms with Gasteiger partial charge in [0.15, 0.2) is 0 Å². The molecular weight excluding hydrogens is 326 g/mol. The molecular formula is C17H23N3O3S. The molecule has 1 aromatic carbocycles. The maximum atomic E-state index is 10.9. The molecule has 130 valence electrons. The summed E-state index contributed by atoms with van der Waals surface area (Å²) < 4.78 is 0. The highest BCUT2D eigenvalue weighted by molar-refractivity contribution is 7.13. The number of nitro groups is 1. The third kappa shape index (κ3) is 4.37. The highest BCUT2D eigenvalue weighted by Crippen LogP contribution is 2.28. The van der Waals surface area contributed by atoms with Gasteiger partial charge in [-0.25, -0.2) is 4.98 Å². The number of likely N-dealkylation sites (N-methyl/N-ethyl adjacent to an activating group) is 1. The molecule has 1 heterocycles. The predicted octanol–water partition coefficient (Wildman–Crippen LogP) is 3.56. The molecule has 2 aromatic rings. The number of aliphatic hydroxyl groups is 1. The van der Waals surface area contributed by atoms with Crippen LogP contribution in [0.25, 0.3) is 10.6 Å². The van der Waals surface area contributed by atoms with E-state index < -0.39 is 4.92 Å². The lowest BCUT2D eigenvalue weighted by Crippen LogP contribution is -2.44. The summed E-state index contributed by atoms with van der Waals surface area (Å²) in [5.41, 5.74) is 1.67. The quantitative estimate of drug-likeness (QED) is 0.637. The van der Waals surface area contributed by atoms with Crippen LogP contribution in [0.15, 0.2) is 29.6 Å². The molecule has 0 spiro atoms. The van der Waals surface area contributed by atoms with Crippen LogP contribution in [0.5, 0.6) is 0 Å². The molecule has 0 bridgehead atoms. The van der Waals surface area contributed by atoms with Gasteiger partial charge in [0.25, 0.3) is 5.69 Å². The molecule has 7 heteroatoms. The van der Waals surface area contributed by atoms with Gasteiger partial charge in [-0.2, -0.15) is 0 Å². The standard InChI is InChI=1S/C17H23N3O3S/c1-17(2,3)15(10-21)19(4)9-13-11-24-16(18-13)12-6-5-7-14(8-12)20(22)23/h5-8,11,15,21H,9-10H2,1-4H3. The molecule has 2 rings (SSSR count). The van der Waals surface area contributed by atoms with Crippen LogP contribution in [0, 0.1) is 15.5 Å². The van der Waals surface area contributed by atoms with Gasteiger partial charge in [-0.15, -0.1) is 11.3 Å². The summed E-state index contributed by atoms with van der Waals surface area (Å²) >= 11 is 1.47. The third-order valence-corrected chi connectivity index (χ3v) is 4.91. The minimum absolute atomic E-state index is 0.0282. The number of hydrogen-bond donors (Lipinski definition) is 1. The lowest BCUT2D eigenvalue weighted by atomic mass is 9.86. The SMILES string of the molecule is CN(Cc1csc(-c2cccc([N+](=O)[O-])c2)n1)C(CO)C(C)(C)C. The molecule has 1 unspecified atom stereocenters. The highest BCUT2D eigenvalue weighted by Gasteiger charge is 2.28. The largest absolute Gasteiger partial charge is 0.395 e. The fraction of sp³-hybridized carbons (Fsp3) is 0.471. The summed E-state index contributed by atoms with van der Waals surface area (Å²) in [6, 6.07) is 6.53. The Balaban J connectivity index is 2.16. The van der Waals surface area contributed by atoms with Crippen LogP contribution in [0.1, 0.15) is 26.5 Å².